The summed E-state index contributed by atoms with van der Waals surface area (Å²) in [6.07, 6.45) is 10.5. The van der Waals surface area contributed by atoms with Crippen LogP contribution < -0.4 is 5.56 Å². The minimum absolute atomic E-state index is 0.158. The van der Waals surface area contributed by atoms with Crippen LogP contribution in [-0.2, 0) is 18.4 Å². The smallest absolute Gasteiger partial charge is 0.275 e. The molecule has 0 radical (unpaired) electrons. The maximum absolute atomic E-state index is 12.9. The van der Waals surface area contributed by atoms with E-state index in [9.17, 15) is 4.79 Å². The first-order chi connectivity index (χ1) is 10.00. The third-order valence-electron chi connectivity index (χ3n) is 4.56. The second-order valence-corrected chi connectivity index (χ2v) is 7.24. The highest BCUT2D eigenvalue weighted by atomic mass is 16.1. The fraction of sp³-hybridized carbons (Fsp3) is 0.611. The fourth-order valence-corrected chi connectivity index (χ4v) is 3.64. The lowest BCUT2D eigenvalue weighted by Crippen LogP contribution is -2.38. The van der Waals surface area contributed by atoms with E-state index in [0.717, 1.165) is 18.4 Å². The molecule has 1 aliphatic carbocycles. The van der Waals surface area contributed by atoms with E-state index >= 15 is 0 Å². The molecule has 0 bridgehead atoms. The normalized spacial score (nSPS) is 17.1. The molecule has 2 heterocycles. The summed E-state index contributed by atoms with van der Waals surface area (Å²) in [5.41, 5.74) is 3.43. The van der Waals surface area contributed by atoms with Gasteiger partial charge in [-0.25, -0.2) is 0 Å². The Labute approximate surface area is 126 Å². The van der Waals surface area contributed by atoms with E-state index in [2.05, 4.69) is 35.9 Å². The van der Waals surface area contributed by atoms with Gasteiger partial charge in [0, 0.05) is 23.1 Å². The second-order valence-electron chi connectivity index (χ2n) is 7.24. The van der Waals surface area contributed by atoms with E-state index in [0.29, 0.717) is 0 Å². The minimum Gasteiger partial charge on any atom is -0.314 e. The molecule has 2 aromatic rings. The number of nitrogens with zero attached hydrogens (tertiary/aromatic N) is 2. The van der Waals surface area contributed by atoms with E-state index in [4.69, 9.17) is 0 Å². The van der Waals surface area contributed by atoms with Crippen LogP contribution in [0, 0.1) is 0 Å². The molecule has 0 spiro atoms. The van der Waals surface area contributed by atoms with Crippen LogP contribution in [0.4, 0.5) is 0 Å². The van der Waals surface area contributed by atoms with Crippen molar-refractivity contribution in [1.82, 2.24) is 8.97 Å². The van der Waals surface area contributed by atoms with Gasteiger partial charge in [-0.3, -0.25) is 4.79 Å². The zero-order valence-electron chi connectivity index (χ0n) is 13.5. The van der Waals surface area contributed by atoms with Crippen LogP contribution in [0.2, 0.25) is 0 Å². The topological polar surface area (TPSA) is 26.4 Å². The Kier molecular flexibility index (Phi) is 3.68. The number of hydrogen-bond donors (Lipinski definition) is 0. The predicted molar refractivity (Wildman–Crippen MR) is 87.1 cm³/mol. The molecule has 21 heavy (non-hydrogen) atoms. The van der Waals surface area contributed by atoms with Crippen molar-refractivity contribution in [3.63, 3.8) is 0 Å². The summed E-state index contributed by atoms with van der Waals surface area (Å²) in [5, 5.41) is 0. The predicted octanol–water partition coefficient (Wildman–Crippen LogP) is 3.91. The molecule has 0 atom stereocenters. The third kappa shape index (κ3) is 2.54. The summed E-state index contributed by atoms with van der Waals surface area (Å²) in [6.45, 7) is 6.42. The maximum Gasteiger partial charge on any atom is 0.275 e. The molecule has 0 amide bonds. The Morgan fingerprint density at radius 1 is 0.952 bits per heavy atom. The average molecular weight is 286 g/mol. The van der Waals surface area contributed by atoms with Crippen molar-refractivity contribution in [2.24, 2.45) is 0 Å². The van der Waals surface area contributed by atoms with Crippen molar-refractivity contribution in [2.45, 2.75) is 71.3 Å². The Balaban J connectivity index is 2.33. The number of fused-ring (bicyclic) bond motifs is 3. The number of rotatable bonds is 0. The van der Waals surface area contributed by atoms with E-state index in [1.807, 2.05) is 12.1 Å². The first kappa shape index (κ1) is 14.4. The zero-order valence-corrected chi connectivity index (χ0v) is 13.5. The summed E-state index contributed by atoms with van der Waals surface area (Å²) in [5.74, 6) is 0. The van der Waals surface area contributed by atoms with Crippen molar-refractivity contribution in [2.75, 3.05) is 0 Å². The molecular weight excluding hydrogens is 260 g/mol. The van der Waals surface area contributed by atoms with Crippen molar-refractivity contribution in [1.29, 1.82) is 0 Å². The average Bonchev–Trinajstić information content (AvgIpc) is 2.89. The molecule has 0 aliphatic heterocycles. The van der Waals surface area contributed by atoms with Gasteiger partial charge in [0.1, 0.15) is 5.52 Å². The molecule has 0 N–H and O–H groups in total. The van der Waals surface area contributed by atoms with Crippen LogP contribution in [0.15, 0.2) is 23.1 Å². The van der Waals surface area contributed by atoms with Gasteiger partial charge >= 0.3 is 0 Å². The van der Waals surface area contributed by atoms with E-state index < -0.39 is 0 Å². The Morgan fingerprint density at radius 3 is 2.24 bits per heavy atom. The SMILES string of the molecule is CC(C)(C)n1c2c(n3cccc3c1=O)CCCCCCC2. The van der Waals surface area contributed by atoms with Gasteiger partial charge in [0.25, 0.3) is 5.56 Å². The third-order valence-corrected chi connectivity index (χ3v) is 4.56. The van der Waals surface area contributed by atoms with Gasteiger partial charge in [0.2, 0.25) is 0 Å². The largest absolute Gasteiger partial charge is 0.314 e. The summed E-state index contributed by atoms with van der Waals surface area (Å²) in [7, 11) is 0. The molecule has 114 valence electrons. The fourth-order valence-electron chi connectivity index (χ4n) is 3.64. The molecule has 2 aromatic heterocycles. The van der Waals surface area contributed by atoms with Crippen LogP contribution >= 0.6 is 0 Å². The zero-order chi connectivity index (χ0) is 15.0. The molecule has 0 saturated carbocycles. The van der Waals surface area contributed by atoms with Gasteiger partial charge < -0.3 is 8.97 Å². The van der Waals surface area contributed by atoms with Crippen LogP contribution in [0.25, 0.3) is 5.52 Å². The number of hydrogen-bond acceptors (Lipinski definition) is 1. The van der Waals surface area contributed by atoms with Crippen LogP contribution in [0.1, 0.15) is 64.3 Å². The molecule has 3 nitrogen and oxygen atoms in total. The monoisotopic (exact) mass is 286 g/mol. The summed E-state index contributed by atoms with van der Waals surface area (Å²) < 4.78 is 4.20. The van der Waals surface area contributed by atoms with Gasteiger partial charge in [0.15, 0.2) is 0 Å². The highest BCUT2D eigenvalue weighted by Gasteiger charge is 2.24. The van der Waals surface area contributed by atoms with Crippen LogP contribution in [0.3, 0.4) is 0 Å². The maximum atomic E-state index is 12.9. The van der Waals surface area contributed by atoms with E-state index in [-0.39, 0.29) is 11.1 Å². The lowest BCUT2D eigenvalue weighted by Gasteiger charge is -2.29. The van der Waals surface area contributed by atoms with Gasteiger partial charge in [-0.2, -0.15) is 0 Å². The van der Waals surface area contributed by atoms with Gasteiger partial charge in [-0.1, -0.05) is 19.3 Å². The molecule has 1 aliphatic rings. The second kappa shape index (κ2) is 5.36. The Morgan fingerprint density at radius 2 is 1.57 bits per heavy atom. The molecule has 3 heteroatoms. The summed E-state index contributed by atoms with van der Waals surface area (Å²) in [6, 6.07) is 3.95. The van der Waals surface area contributed by atoms with Gasteiger partial charge in [0.05, 0.1) is 0 Å². The molecule has 0 saturated heterocycles. The van der Waals surface area contributed by atoms with Crippen molar-refractivity contribution >= 4 is 5.52 Å². The standard InChI is InChI=1S/C18H26N2O/c1-18(2,3)20-15-11-8-6-4-5-7-10-14(15)19-13-9-12-16(19)17(20)21/h9,12-13H,4-8,10-11H2,1-3H3. The van der Waals surface area contributed by atoms with Crippen LogP contribution in [-0.4, -0.2) is 8.97 Å². The lowest BCUT2D eigenvalue weighted by molar-refractivity contribution is 0.366. The van der Waals surface area contributed by atoms with Gasteiger partial charge in [-0.15, -0.1) is 0 Å². The molecule has 0 aromatic carbocycles. The molecular formula is C18H26N2O. The highest BCUT2D eigenvalue weighted by molar-refractivity contribution is 5.48. The first-order valence-corrected chi connectivity index (χ1v) is 8.24. The number of aryl methyl sites for hydroxylation is 1. The first-order valence-electron chi connectivity index (χ1n) is 8.24. The Hall–Kier alpha value is -1.51. The quantitative estimate of drug-likeness (QED) is 0.721. The van der Waals surface area contributed by atoms with Crippen molar-refractivity contribution in [3.05, 3.63) is 40.1 Å². The van der Waals surface area contributed by atoms with Gasteiger partial charge in [-0.05, 0) is 58.6 Å². The van der Waals surface area contributed by atoms with E-state index in [1.54, 1.807) is 0 Å². The lowest BCUT2D eigenvalue weighted by atomic mass is 10.0. The van der Waals surface area contributed by atoms with E-state index in [1.165, 1.54) is 43.5 Å². The highest BCUT2D eigenvalue weighted by Crippen LogP contribution is 2.24. The molecule has 3 rings (SSSR count). The summed E-state index contributed by atoms with van der Waals surface area (Å²) in [4.78, 5) is 12.9. The van der Waals surface area contributed by atoms with Crippen LogP contribution in [0.5, 0.6) is 0 Å². The Bertz CT molecular complexity index is 700. The minimum atomic E-state index is -0.165. The van der Waals surface area contributed by atoms with Crippen molar-refractivity contribution < 1.29 is 0 Å². The van der Waals surface area contributed by atoms with Crippen molar-refractivity contribution in [3.8, 4) is 0 Å². The molecule has 0 fully saturated rings. The summed E-state index contributed by atoms with van der Waals surface area (Å²) >= 11 is 0. The number of aromatic nitrogens is 2. The molecule has 0 unspecified atom stereocenters.